The summed E-state index contributed by atoms with van der Waals surface area (Å²) >= 11 is 0. The normalized spacial score (nSPS) is 20.7. The van der Waals surface area contributed by atoms with E-state index >= 15 is 0 Å². The second-order valence-electron chi connectivity index (χ2n) is 3.77. The van der Waals surface area contributed by atoms with Crippen molar-refractivity contribution in [2.75, 3.05) is 37.5 Å². The molecule has 1 atom stereocenters. The number of pyridine rings is 1. The van der Waals surface area contributed by atoms with Crippen molar-refractivity contribution in [1.29, 1.82) is 0 Å². The second-order valence-corrected chi connectivity index (χ2v) is 3.77. The van der Waals surface area contributed by atoms with Gasteiger partial charge in [-0.3, -0.25) is 4.98 Å². The third kappa shape index (κ3) is 2.21. The molecule has 4 heteroatoms. The average Bonchev–Trinajstić information content (AvgIpc) is 2.78. The lowest BCUT2D eigenvalue weighted by Crippen LogP contribution is -2.22. The summed E-state index contributed by atoms with van der Waals surface area (Å²) in [4.78, 5) is 6.51. The molecule has 2 rings (SSSR count). The Kier molecular flexibility index (Phi) is 3.06. The van der Waals surface area contributed by atoms with Crippen LogP contribution >= 0.6 is 0 Å². The maximum Gasteiger partial charge on any atom is 0.0762 e. The summed E-state index contributed by atoms with van der Waals surface area (Å²) in [5, 5.41) is 3.10. The van der Waals surface area contributed by atoms with E-state index in [1.54, 1.807) is 7.11 Å². The van der Waals surface area contributed by atoms with Crippen LogP contribution in [0.15, 0.2) is 18.5 Å². The number of aromatic nitrogens is 1. The molecule has 0 amide bonds. The van der Waals surface area contributed by atoms with Crippen LogP contribution in [0.3, 0.4) is 0 Å². The maximum absolute atomic E-state index is 5.34. The minimum absolute atomic E-state index is 0.364. The number of ether oxygens (including phenoxy) is 1. The molecule has 0 saturated carbocycles. The van der Waals surface area contributed by atoms with Gasteiger partial charge >= 0.3 is 0 Å². The zero-order valence-corrected chi connectivity index (χ0v) is 9.23. The van der Waals surface area contributed by atoms with Crippen LogP contribution in [0.4, 0.5) is 11.4 Å². The highest BCUT2D eigenvalue weighted by Crippen LogP contribution is 2.22. The van der Waals surface area contributed by atoms with Gasteiger partial charge in [-0.1, -0.05) is 0 Å². The van der Waals surface area contributed by atoms with E-state index in [2.05, 4.69) is 21.3 Å². The molecule has 15 heavy (non-hydrogen) atoms. The first-order valence-electron chi connectivity index (χ1n) is 5.24. The largest absolute Gasteiger partial charge is 0.387 e. The molecule has 82 valence electrons. The van der Waals surface area contributed by atoms with Crippen molar-refractivity contribution in [3.63, 3.8) is 0 Å². The highest BCUT2D eigenvalue weighted by atomic mass is 16.5. The highest BCUT2D eigenvalue weighted by molar-refractivity contribution is 5.55. The highest BCUT2D eigenvalue weighted by Gasteiger charge is 2.22. The van der Waals surface area contributed by atoms with Gasteiger partial charge in [-0.05, 0) is 12.5 Å². The van der Waals surface area contributed by atoms with Gasteiger partial charge in [0, 0.05) is 27.2 Å². The molecule has 0 bridgehead atoms. The van der Waals surface area contributed by atoms with Gasteiger partial charge in [0.25, 0.3) is 0 Å². The number of methoxy groups -OCH3 is 1. The first kappa shape index (κ1) is 10.2. The Hall–Kier alpha value is -1.29. The van der Waals surface area contributed by atoms with Gasteiger partial charge in [-0.15, -0.1) is 0 Å². The predicted octanol–water partition coefficient (Wildman–Crippen LogP) is 1.35. The monoisotopic (exact) mass is 207 g/mol. The molecule has 1 aliphatic heterocycles. The van der Waals surface area contributed by atoms with E-state index in [0.29, 0.717) is 6.10 Å². The molecular weight excluding hydrogens is 190 g/mol. The third-order valence-electron chi connectivity index (χ3n) is 2.86. The molecule has 1 aromatic rings. The van der Waals surface area contributed by atoms with Gasteiger partial charge in [-0.25, -0.2) is 0 Å². The third-order valence-corrected chi connectivity index (χ3v) is 2.86. The Morgan fingerprint density at radius 1 is 1.53 bits per heavy atom. The van der Waals surface area contributed by atoms with E-state index in [9.17, 15) is 0 Å². The fourth-order valence-corrected chi connectivity index (χ4v) is 1.89. The summed E-state index contributed by atoms with van der Waals surface area (Å²) in [5.41, 5.74) is 2.22. The van der Waals surface area contributed by atoms with Gasteiger partial charge in [0.05, 0.1) is 29.9 Å². The van der Waals surface area contributed by atoms with Crippen molar-refractivity contribution < 1.29 is 4.74 Å². The van der Waals surface area contributed by atoms with Crippen LogP contribution in [-0.2, 0) is 4.74 Å². The molecule has 0 spiro atoms. The molecule has 0 aliphatic carbocycles. The van der Waals surface area contributed by atoms with Crippen LogP contribution in [0.1, 0.15) is 6.42 Å². The summed E-state index contributed by atoms with van der Waals surface area (Å²) < 4.78 is 5.34. The fraction of sp³-hybridized carbons (Fsp3) is 0.545. The SMILES string of the molecule is CNc1cncc(N2CCC(OC)C2)c1. The summed E-state index contributed by atoms with van der Waals surface area (Å²) in [7, 11) is 3.68. The van der Waals surface area contributed by atoms with Crippen molar-refractivity contribution >= 4 is 11.4 Å². The standard InChI is InChI=1S/C11H17N3O/c1-12-9-5-10(7-13-6-9)14-4-3-11(8-14)15-2/h5-7,11-12H,3-4,8H2,1-2H3. The first-order chi connectivity index (χ1) is 7.33. The molecule has 4 nitrogen and oxygen atoms in total. The minimum Gasteiger partial charge on any atom is -0.387 e. The zero-order valence-electron chi connectivity index (χ0n) is 9.23. The van der Waals surface area contributed by atoms with Gasteiger partial charge in [-0.2, -0.15) is 0 Å². The number of nitrogens with zero attached hydrogens (tertiary/aromatic N) is 2. The van der Waals surface area contributed by atoms with Gasteiger partial charge in [0.2, 0.25) is 0 Å². The Morgan fingerprint density at radius 3 is 3.07 bits per heavy atom. The van der Waals surface area contributed by atoms with Crippen LogP contribution in [0.25, 0.3) is 0 Å². The summed E-state index contributed by atoms with van der Waals surface area (Å²) in [6, 6.07) is 2.12. The van der Waals surface area contributed by atoms with Crippen molar-refractivity contribution in [1.82, 2.24) is 4.98 Å². The van der Waals surface area contributed by atoms with Gasteiger partial charge in [0.1, 0.15) is 0 Å². The Balaban J connectivity index is 2.09. The first-order valence-corrected chi connectivity index (χ1v) is 5.24. The second kappa shape index (κ2) is 4.49. The van der Waals surface area contributed by atoms with Crippen LogP contribution < -0.4 is 10.2 Å². The van der Waals surface area contributed by atoms with Crippen LogP contribution in [0.2, 0.25) is 0 Å². The van der Waals surface area contributed by atoms with Crippen LogP contribution in [0.5, 0.6) is 0 Å². The Morgan fingerprint density at radius 2 is 2.40 bits per heavy atom. The Labute approximate surface area is 90.3 Å². The molecular formula is C11H17N3O. The van der Waals surface area contributed by atoms with E-state index in [1.807, 2.05) is 19.4 Å². The Bertz CT molecular complexity index is 329. The van der Waals surface area contributed by atoms with E-state index in [0.717, 1.165) is 25.2 Å². The lowest BCUT2D eigenvalue weighted by Gasteiger charge is -2.18. The number of hydrogen-bond donors (Lipinski definition) is 1. The lowest BCUT2D eigenvalue weighted by atomic mass is 10.3. The van der Waals surface area contributed by atoms with Crippen molar-refractivity contribution in [3.05, 3.63) is 18.5 Å². The topological polar surface area (TPSA) is 37.4 Å². The molecule has 1 unspecified atom stereocenters. The molecule has 1 aromatic heterocycles. The number of hydrogen-bond acceptors (Lipinski definition) is 4. The van der Waals surface area contributed by atoms with E-state index in [-0.39, 0.29) is 0 Å². The van der Waals surface area contributed by atoms with Crippen molar-refractivity contribution in [2.45, 2.75) is 12.5 Å². The molecule has 1 aliphatic rings. The average molecular weight is 207 g/mol. The zero-order chi connectivity index (χ0) is 10.7. The quantitative estimate of drug-likeness (QED) is 0.811. The summed E-state index contributed by atoms with van der Waals surface area (Å²) in [6.07, 6.45) is 5.19. The molecule has 1 fully saturated rings. The maximum atomic E-state index is 5.34. The molecule has 0 aromatic carbocycles. The smallest absolute Gasteiger partial charge is 0.0762 e. The number of anilines is 2. The van der Waals surface area contributed by atoms with Gasteiger partial charge in [0.15, 0.2) is 0 Å². The van der Waals surface area contributed by atoms with Crippen LogP contribution in [-0.4, -0.2) is 38.3 Å². The molecule has 0 radical (unpaired) electrons. The summed E-state index contributed by atoms with van der Waals surface area (Å²) in [5.74, 6) is 0. The lowest BCUT2D eigenvalue weighted by molar-refractivity contribution is 0.121. The van der Waals surface area contributed by atoms with Crippen LogP contribution in [0, 0.1) is 0 Å². The number of rotatable bonds is 3. The molecule has 1 N–H and O–H groups in total. The van der Waals surface area contributed by atoms with Crippen molar-refractivity contribution in [3.8, 4) is 0 Å². The number of nitrogens with one attached hydrogen (secondary N) is 1. The van der Waals surface area contributed by atoms with E-state index in [1.165, 1.54) is 5.69 Å². The predicted molar refractivity (Wildman–Crippen MR) is 61.4 cm³/mol. The van der Waals surface area contributed by atoms with E-state index in [4.69, 9.17) is 4.74 Å². The fourth-order valence-electron chi connectivity index (χ4n) is 1.89. The van der Waals surface area contributed by atoms with Gasteiger partial charge < -0.3 is 15.0 Å². The molecule has 1 saturated heterocycles. The molecule has 2 heterocycles. The minimum atomic E-state index is 0.364. The summed E-state index contributed by atoms with van der Waals surface area (Å²) in [6.45, 7) is 2.01. The van der Waals surface area contributed by atoms with Crippen molar-refractivity contribution in [2.24, 2.45) is 0 Å². The van der Waals surface area contributed by atoms with E-state index < -0.39 is 0 Å².